The maximum Gasteiger partial charge on any atom is 0.227 e. The number of hydrogen-bond acceptors (Lipinski definition) is 2. The van der Waals surface area contributed by atoms with Gasteiger partial charge >= 0.3 is 0 Å². The fourth-order valence-electron chi connectivity index (χ4n) is 2.69. The minimum absolute atomic E-state index is 0.0271. The molecule has 0 heterocycles. The normalized spacial score (nSPS) is 10.7. The molecule has 0 aliphatic rings. The zero-order chi connectivity index (χ0) is 19.8. The van der Waals surface area contributed by atoms with Crippen molar-refractivity contribution in [2.75, 3.05) is 11.4 Å². The van der Waals surface area contributed by atoms with E-state index in [4.69, 9.17) is 0 Å². The smallest absolute Gasteiger partial charge is 0.227 e. The summed E-state index contributed by atoms with van der Waals surface area (Å²) in [5.74, 6) is 0.0312. The Labute approximate surface area is 160 Å². The van der Waals surface area contributed by atoms with Crippen molar-refractivity contribution < 1.29 is 14.0 Å². The molecule has 0 aromatic heterocycles. The molecule has 144 valence electrons. The van der Waals surface area contributed by atoms with Crippen molar-refractivity contribution in [2.24, 2.45) is 5.92 Å². The van der Waals surface area contributed by atoms with E-state index in [9.17, 15) is 14.0 Å². The summed E-state index contributed by atoms with van der Waals surface area (Å²) >= 11 is 0. The largest absolute Gasteiger partial charge is 0.356 e. The number of halogens is 1. The van der Waals surface area contributed by atoms with Crippen molar-refractivity contribution in [3.63, 3.8) is 0 Å². The molecule has 0 saturated heterocycles. The molecular formula is C22H27FN2O2. The van der Waals surface area contributed by atoms with Crippen LogP contribution in [0, 0.1) is 11.7 Å². The number of anilines is 1. The Morgan fingerprint density at radius 1 is 1.07 bits per heavy atom. The van der Waals surface area contributed by atoms with Gasteiger partial charge in [0.05, 0.1) is 13.0 Å². The van der Waals surface area contributed by atoms with Crippen LogP contribution in [0.2, 0.25) is 0 Å². The monoisotopic (exact) mass is 370 g/mol. The molecule has 0 radical (unpaired) electrons. The molecule has 4 nitrogen and oxygen atoms in total. The van der Waals surface area contributed by atoms with E-state index in [0.29, 0.717) is 25.4 Å². The standard InChI is InChI=1S/C22H27FN2O2/c1-4-22(27)25(15-17-8-10-19(23)11-9-17)20-7-5-6-18(12-20)13-21(26)24-14-16(2)3/h5-12,16H,4,13-15H2,1-3H3,(H,24,26). The highest BCUT2D eigenvalue weighted by atomic mass is 19.1. The third-order valence-electron chi connectivity index (χ3n) is 4.15. The van der Waals surface area contributed by atoms with Crippen LogP contribution in [0.3, 0.4) is 0 Å². The van der Waals surface area contributed by atoms with Gasteiger partial charge in [0, 0.05) is 18.7 Å². The van der Waals surface area contributed by atoms with Gasteiger partial charge in [0.2, 0.25) is 11.8 Å². The highest BCUT2D eigenvalue weighted by Crippen LogP contribution is 2.21. The fourth-order valence-corrected chi connectivity index (χ4v) is 2.69. The molecule has 2 aromatic rings. The summed E-state index contributed by atoms with van der Waals surface area (Å²) in [5, 5.41) is 2.90. The van der Waals surface area contributed by atoms with Gasteiger partial charge < -0.3 is 10.2 Å². The Morgan fingerprint density at radius 3 is 2.41 bits per heavy atom. The van der Waals surface area contributed by atoms with E-state index >= 15 is 0 Å². The van der Waals surface area contributed by atoms with Crippen LogP contribution in [0.4, 0.5) is 10.1 Å². The van der Waals surface area contributed by atoms with Crippen LogP contribution in [0.5, 0.6) is 0 Å². The van der Waals surface area contributed by atoms with Gasteiger partial charge in [0.1, 0.15) is 5.82 Å². The van der Waals surface area contributed by atoms with E-state index in [-0.39, 0.29) is 24.1 Å². The Bertz CT molecular complexity index is 772. The van der Waals surface area contributed by atoms with Gasteiger partial charge in [0.25, 0.3) is 0 Å². The van der Waals surface area contributed by atoms with Gasteiger partial charge in [-0.15, -0.1) is 0 Å². The summed E-state index contributed by atoms with van der Waals surface area (Å²) in [6.07, 6.45) is 0.631. The molecule has 1 N–H and O–H groups in total. The second-order valence-electron chi connectivity index (χ2n) is 7.00. The van der Waals surface area contributed by atoms with Gasteiger partial charge in [-0.05, 0) is 41.3 Å². The third kappa shape index (κ3) is 6.51. The molecule has 0 atom stereocenters. The lowest BCUT2D eigenvalue weighted by atomic mass is 10.1. The molecule has 0 aliphatic heterocycles. The quantitative estimate of drug-likeness (QED) is 0.761. The lowest BCUT2D eigenvalue weighted by molar-refractivity contribution is -0.120. The molecule has 27 heavy (non-hydrogen) atoms. The molecule has 2 rings (SSSR count). The summed E-state index contributed by atoms with van der Waals surface area (Å²) in [4.78, 5) is 26.2. The molecule has 0 saturated carbocycles. The summed E-state index contributed by atoms with van der Waals surface area (Å²) < 4.78 is 13.1. The molecule has 0 unspecified atom stereocenters. The Kier molecular flexibility index (Phi) is 7.53. The first-order valence-corrected chi connectivity index (χ1v) is 9.29. The Hall–Kier alpha value is -2.69. The molecular weight excluding hydrogens is 343 g/mol. The van der Waals surface area contributed by atoms with Gasteiger partial charge in [-0.3, -0.25) is 9.59 Å². The molecule has 0 aliphatic carbocycles. The van der Waals surface area contributed by atoms with E-state index in [1.807, 2.05) is 45.0 Å². The van der Waals surface area contributed by atoms with Crippen LogP contribution in [-0.4, -0.2) is 18.4 Å². The Balaban J connectivity index is 2.16. The maximum absolute atomic E-state index is 13.1. The van der Waals surface area contributed by atoms with Crippen molar-refractivity contribution in [1.29, 1.82) is 0 Å². The second-order valence-corrected chi connectivity index (χ2v) is 7.00. The highest BCUT2D eigenvalue weighted by Gasteiger charge is 2.16. The zero-order valence-electron chi connectivity index (χ0n) is 16.2. The van der Waals surface area contributed by atoms with E-state index < -0.39 is 0 Å². The number of benzene rings is 2. The summed E-state index contributed by atoms with van der Waals surface area (Å²) in [7, 11) is 0. The maximum atomic E-state index is 13.1. The van der Waals surface area contributed by atoms with Crippen LogP contribution >= 0.6 is 0 Å². The van der Waals surface area contributed by atoms with Crippen LogP contribution in [0.25, 0.3) is 0 Å². The van der Waals surface area contributed by atoms with Crippen molar-refractivity contribution in [3.05, 3.63) is 65.5 Å². The average Bonchev–Trinajstić information content (AvgIpc) is 2.65. The predicted molar refractivity (Wildman–Crippen MR) is 106 cm³/mol. The molecule has 0 fully saturated rings. The van der Waals surface area contributed by atoms with E-state index in [1.165, 1.54) is 12.1 Å². The summed E-state index contributed by atoms with van der Waals surface area (Å²) in [5.41, 5.74) is 2.43. The average molecular weight is 370 g/mol. The Morgan fingerprint density at radius 2 is 1.78 bits per heavy atom. The topological polar surface area (TPSA) is 49.4 Å². The fraction of sp³-hybridized carbons (Fsp3) is 0.364. The minimum atomic E-state index is -0.304. The van der Waals surface area contributed by atoms with Crippen molar-refractivity contribution >= 4 is 17.5 Å². The lowest BCUT2D eigenvalue weighted by Gasteiger charge is -2.23. The van der Waals surface area contributed by atoms with Crippen molar-refractivity contribution in [1.82, 2.24) is 5.32 Å². The molecule has 2 aromatic carbocycles. The minimum Gasteiger partial charge on any atom is -0.356 e. The lowest BCUT2D eigenvalue weighted by Crippen LogP contribution is -2.30. The predicted octanol–water partition coefficient (Wildman–Crippen LogP) is 4.08. The van der Waals surface area contributed by atoms with Crippen LogP contribution in [0.1, 0.15) is 38.3 Å². The van der Waals surface area contributed by atoms with Gasteiger partial charge in [-0.25, -0.2) is 4.39 Å². The number of nitrogens with one attached hydrogen (secondary N) is 1. The van der Waals surface area contributed by atoms with Gasteiger partial charge in [-0.2, -0.15) is 0 Å². The molecule has 2 amide bonds. The zero-order valence-corrected chi connectivity index (χ0v) is 16.2. The molecule has 0 bridgehead atoms. The first-order chi connectivity index (χ1) is 12.9. The van der Waals surface area contributed by atoms with E-state index in [1.54, 1.807) is 17.0 Å². The number of carbonyl (C=O) groups excluding carboxylic acids is 2. The first-order valence-electron chi connectivity index (χ1n) is 9.29. The molecule has 5 heteroatoms. The number of amides is 2. The number of rotatable bonds is 8. The van der Waals surface area contributed by atoms with Crippen LogP contribution in [-0.2, 0) is 22.6 Å². The van der Waals surface area contributed by atoms with Crippen LogP contribution in [0.15, 0.2) is 48.5 Å². The summed E-state index contributed by atoms with van der Waals surface area (Å²) in [6, 6.07) is 13.6. The number of hydrogen-bond donors (Lipinski definition) is 1. The van der Waals surface area contributed by atoms with Crippen molar-refractivity contribution in [2.45, 2.75) is 40.2 Å². The molecule has 0 spiro atoms. The SMILES string of the molecule is CCC(=O)N(Cc1ccc(F)cc1)c1cccc(CC(=O)NCC(C)C)c1. The summed E-state index contributed by atoms with van der Waals surface area (Å²) in [6.45, 7) is 6.90. The van der Waals surface area contributed by atoms with E-state index in [0.717, 1.165) is 16.8 Å². The number of carbonyl (C=O) groups is 2. The van der Waals surface area contributed by atoms with Crippen LogP contribution < -0.4 is 10.2 Å². The third-order valence-corrected chi connectivity index (χ3v) is 4.15. The first kappa shape index (κ1) is 20.6. The van der Waals surface area contributed by atoms with E-state index in [2.05, 4.69) is 5.32 Å². The highest BCUT2D eigenvalue weighted by molar-refractivity contribution is 5.93. The van der Waals surface area contributed by atoms with Gasteiger partial charge in [0.15, 0.2) is 0 Å². The van der Waals surface area contributed by atoms with Gasteiger partial charge in [-0.1, -0.05) is 45.0 Å². The van der Waals surface area contributed by atoms with Crippen molar-refractivity contribution in [3.8, 4) is 0 Å². The number of nitrogens with zero attached hydrogens (tertiary/aromatic N) is 1. The second kappa shape index (κ2) is 9.86.